The van der Waals surface area contributed by atoms with Crippen LogP contribution in [0.3, 0.4) is 0 Å². The number of aliphatic imine (C=N–C) groups is 1. The van der Waals surface area contributed by atoms with Crippen LogP contribution in [0.15, 0.2) is 52.0 Å². The Morgan fingerprint density at radius 3 is 2.59 bits per heavy atom. The number of carbonyl (C=O) groups is 4. The molecule has 0 radical (unpaired) electrons. The Morgan fingerprint density at radius 1 is 1.07 bits per heavy atom. The molecular weight excluding hydrogens is 528 g/mol. The fourth-order valence-electron chi connectivity index (χ4n) is 5.07. The Morgan fingerprint density at radius 2 is 1.85 bits per heavy atom. The number of pyridine rings is 1. The van der Waals surface area contributed by atoms with Crippen molar-refractivity contribution in [2.75, 3.05) is 31.5 Å². The first-order valence-corrected chi connectivity index (χ1v) is 13.7. The first-order valence-electron chi connectivity index (χ1n) is 13.7. The van der Waals surface area contributed by atoms with Crippen LogP contribution >= 0.6 is 0 Å². The molecule has 2 aliphatic heterocycles. The van der Waals surface area contributed by atoms with E-state index in [0.717, 1.165) is 36.8 Å². The van der Waals surface area contributed by atoms with E-state index >= 15 is 0 Å². The standard InChI is InChI=1S/C29H32N6O6/c1-18-14-20-15-21(8-10-24(20)41-18)31-29(33-26(37)19-7-9-23(28(39)40)30-16-19)32-22-6-2-3-13-35(27(22)38)17-25(36)34-11-4-5-12-34/h7-10,14-16,22H,2-6,11-13,17H2,1H3,(H,39,40)(H2,31,32,33,37). The summed E-state index contributed by atoms with van der Waals surface area (Å²) in [5.41, 5.74) is 1.25. The normalized spacial score (nSPS) is 17.9. The number of nitrogens with one attached hydrogen (secondary N) is 2. The van der Waals surface area contributed by atoms with Crippen LogP contribution in [0.25, 0.3) is 11.0 Å². The van der Waals surface area contributed by atoms with Crippen LogP contribution in [0.2, 0.25) is 0 Å². The zero-order valence-electron chi connectivity index (χ0n) is 22.8. The molecule has 1 atom stereocenters. The van der Waals surface area contributed by atoms with E-state index in [9.17, 15) is 19.2 Å². The number of aromatic nitrogens is 1. The van der Waals surface area contributed by atoms with Crippen molar-refractivity contribution >= 4 is 46.3 Å². The molecule has 3 amide bonds. The number of carboxylic acid groups (broad SMARTS) is 1. The van der Waals surface area contributed by atoms with Crippen LogP contribution in [-0.4, -0.2) is 81.8 Å². The fraction of sp³-hybridized carbons (Fsp3) is 0.379. The molecule has 41 heavy (non-hydrogen) atoms. The minimum Gasteiger partial charge on any atom is -0.477 e. The van der Waals surface area contributed by atoms with E-state index in [2.05, 4.69) is 20.6 Å². The quantitative estimate of drug-likeness (QED) is 0.307. The Balaban J connectivity index is 1.40. The lowest BCUT2D eigenvalue weighted by atomic mass is 10.1. The summed E-state index contributed by atoms with van der Waals surface area (Å²) in [4.78, 5) is 62.4. The Bertz CT molecular complexity index is 1490. The van der Waals surface area contributed by atoms with Gasteiger partial charge < -0.3 is 24.6 Å². The average Bonchev–Trinajstić information content (AvgIpc) is 3.59. The summed E-state index contributed by atoms with van der Waals surface area (Å²) in [5.74, 6) is -1.31. The van der Waals surface area contributed by atoms with Gasteiger partial charge in [-0.2, -0.15) is 0 Å². The number of fused-ring (bicyclic) bond motifs is 1. The third-order valence-electron chi connectivity index (χ3n) is 7.20. The van der Waals surface area contributed by atoms with Gasteiger partial charge in [0, 0.05) is 36.9 Å². The number of anilines is 1. The molecule has 2 aliphatic rings. The molecule has 3 aromatic rings. The van der Waals surface area contributed by atoms with Crippen molar-refractivity contribution in [1.82, 2.24) is 20.1 Å². The summed E-state index contributed by atoms with van der Waals surface area (Å²) in [5, 5.41) is 15.8. The summed E-state index contributed by atoms with van der Waals surface area (Å²) >= 11 is 0. The number of aryl methyl sites for hydroxylation is 1. The van der Waals surface area contributed by atoms with Crippen LogP contribution in [0, 0.1) is 6.92 Å². The van der Waals surface area contributed by atoms with E-state index in [-0.39, 0.29) is 35.6 Å². The van der Waals surface area contributed by atoms with Gasteiger partial charge in [-0.15, -0.1) is 0 Å². The van der Waals surface area contributed by atoms with Gasteiger partial charge in [-0.25, -0.2) is 14.8 Å². The predicted molar refractivity (Wildman–Crippen MR) is 151 cm³/mol. The zero-order chi connectivity index (χ0) is 28.9. The number of aromatic carboxylic acids is 1. The summed E-state index contributed by atoms with van der Waals surface area (Å²) in [6.07, 6.45) is 5.05. The molecule has 0 saturated carbocycles. The third kappa shape index (κ3) is 6.71. The molecular formula is C29H32N6O6. The molecule has 2 saturated heterocycles. The van der Waals surface area contributed by atoms with Crippen LogP contribution in [0.5, 0.6) is 0 Å². The van der Waals surface area contributed by atoms with Gasteiger partial charge in [0.1, 0.15) is 23.1 Å². The Kier molecular flexibility index (Phi) is 8.27. The highest BCUT2D eigenvalue weighted by atomic mass is 16.4. The average molecular weight is 561 g/mol. The highest BCUT2D eigenvalue weighted by Crippen LogP contribution is 2.23. The number of benzene rings is 1. The summed E-state index contributed by atoms with van der Waals surface area (Å²) in [6.45, 7) is 3.76. The van der Waals surface area contributed by atoms with Crippen molar-refractivity contribution in [2.45, 2.75) is 45.1 Å². The first-order chi connectivity index (χ1) is 19.8. The van der Waals surface area contributed by atoms with E-state index in [1.54, 1.807) is 21.9 Å². The van der Waals surface area contributed by atoms with Crippen molar-refractivity contribution in [2.24, 2.45) is 4.99 Å². The number of carboxylic acids is 1. The van der Waals surface area contributed by atoms with Crippen LogP contribution in [0.4, 0.5) is 5.69 Å². The second-order valence-corrected chi connectivity index (χ2v) is 10.3. The lowest BCUT2D eigenvalue weighted by molar-refractivity contribution is -0.140. The van der Waals surface area contributed by atoms with E-state index < -0.39 is 17.9 Å². The maximum absolute atomic E-state index is 13.5. The van der Waals surface area contributed by atoms with Crippen LogP contribution < -0.4 is 10.6 Å². The number of furan rings is 1. The molecule has 2 fully saturated rings. The predicted octanol–water partition coefficient (Wildman–Crippen LogP) is 3.04. The van der Waals surface area contributed by atoms with Gasteiger partial charge in [-0.3, -0.25) is 19.7 Å². The highest BCUT2D eigenvalue weighted by molar-refractivity contribution is 6.11. The largest absolute Gasteiger partial charge is 0.477 e. The van der Waals surface area contributed by atoms with E-state index in [1.807, 2.05) is 19.1 Å². The third-order valence-corrected chi connectivity index (χ3v) is 7.20. The zero-order valence-corrected chi connectivity index (χ0v) is 22.8. The van der Waals surface area contributed by atoms with Crippen molar-refractivity contribution in [3.8, 4) is 0 Å². The topological polar surface area (TPSA) is 157 Å². The summed E-state index contributed by atoms with van der Waals surface area (Å²) in [6, 6.07) is 9.07. The molecule has 12 heteroatoms. The molecule has 1 aromatic carbocycles. The van der Waals surface area contributed by atoms with Crippen molar-refractivity contribution in [3.63, 3.8) is 0 Å². The van der Waals surface area contributed by atoms with Gasteiger partial charge in [-0.1, -0.05) is 0 Å². The Labute approximate surface area is 236 Å². The first kappa shape index (κ1) is 27.8. The molecule has 4 heterocycles. The van der Waals surface area contributed by atoms with E-state index in [1.165, 1.54) is 18.3 Å². The molecule has 0 spiro atoms. The van der Waals surface area contributed by atoms with Crippen molar-refractivity contribution < 1.29 is 28.7 Å². The van der Waals surface area contributed by atoms with Crippen molar-refractivity contribution in [1.29, 1.82) is 0 Å². The van der Waals surface area contributed by atoms with E-state index in [4.69, 9.17) is 9.52 Å². The molecule has 2 aromatic heterocycles. The number of hydrogen-bond donors (Lipinski definition) is 3. The number of amides is 3. The van der Waals surface area contributed by atoms with Gasteiger partial charge in [0.25, 0.3) is 5.91 Å². The van der Waals surface area contributed by atoms with Gasteiger partial charge >= 0.3 is 5.97 Å². The van der Waals surface area contributed by atoms with Crippen molar-refractivity contribution in [3.05, 3.63) is 59.6 Å². The van der Waals surface area contributed by atoms with Crippen LogP contribution in [-0.2, 0) is 9.59 Å². The lowest BCUT2D eigenvalue weighted by Crippen LogP contribution is -2.45. The van der Waals surface area contributed by atoms with Crippen LogP contribution in [0.1, 0.15) is 58.7 Å². The molecule has 5 rings (SSSR count). The maximum Gasteiger partial charge on any atom is 0.354 e. The monoisotopic (exact) mass is 560 g/mol. The number of rotatable bonds is 6. The second kappa shape index (κ2) is 12.2. The molecule has 1 unspecified atom stereocenters. The van der Waals surface area contributed by atoms with Gasteiger partial charge in [0.15, 0.2) is 0 Å². The van der Waals surface area contributed by atoms with Gasteiger partial charge in [-0.05, 0) is 75.4 Å². The second-order valence-electron chi connectivity index (χ2n) is 10.3. The molecule has 3 N–H and O–H groups in total. The minimum absolute atomic E-state index is 0.0120. The Hall–Kier alpha value is -4.74. The molecule has 214 valence electrons. The number of nitrogens with zero attached hydrogens (tertiary/aromatic N) is 4. The summed E-state index contributed by atoms with van der Waals surface area (Å²) < 4.78 is 5.65. The van der Waals surface area contributed by atoms with Gasteiger partial charge in [0.05, 0.1) is 12.1 Å². The van der Waals surface area contributed by atoms with Gasteiger partial charge in [0.2, 0.25) is 17.8 Å². The number of carbonyl (C=O) groups excluding carboxylic acids is 3. The smallest absolute Gasteiger partial charge is 0.354 e. The lowest BCUT2D eigenvalue weighted by Gasteiger charge is -2.25. The molecule has 12 nitrogen and oxygen atoms in total. The minimum atomic E-state index is -1.20. The number of guanidine groups is 1. The molecule has 0 aliphatic carbocycles. The number of hydrogen-bond acceptors (Lipinski definition) is 7. The number of likely N-dealkylation sites (tertiary alicyclic amines) is 2. The maximum atomic E-state index is 13.5. The summed E-state index contributed by atoms with van der Waals surface area (Å²) in [7, 11) is 0. The van der Waals surface area contributed by atoms with E-state index in [0.29, 0.717) is 37.3 Å². The molecule has 0 bridgehead atoms. The SMILES string of the molecule is Cc1cc2cc(NC(=NC3CCCCN(CC(=O)N4CCCC4)C3=O)NC(=O)c3ccc(C(=O)O)nc3)ccc2o1. The highest BCUT2D eigenvalue weighted by Gasteiger charge is 2.30. The fourth-order valence-corrected chi connectivity index (χ4v) is 5.07.